The second-order valence-electron chi connectivity index (χ2n) is 7.14. The molecule has 3 heterocycles. The molecule has 4 aromatic rings. The molecule has 9 nitrogen and oxygen atoms in total. The van der Waals surface area contributed by atoms with Crippen molar-refractivity contribution in [3.8, 4) is 11.5 Å². The van der Waals surface area contributed by atoms with Gasteiger partial charge in [0, 0.05) is 11.8 Å². The first kappa shape index (κ1) is 20.4. The molecule has 0 saturated heterocycles. The molecule has 4 rings (SSSR count). The molecule has 1 unspecified atom stereocenters. The van der Waals surface area contributed by atoms with E-state index in [2.05, 4.69) is 20.7 Å². The number of pyridine rings is 1. The third-order valence-electron chi connectivity index (χ3n) is 5.05. The number of nitrogens with zero attached hydrogens (tertiary/aromatic N) is 4. The van der Waals surface area contributed by atoms with Crippen LogP contribution in [0.25, 0.3) is 5.65 Å². The summed E-state index contributed by atoms with van der Waals surface area (Å²) in [7, 11) is 1.53. The van der Waals surface area contributed by atoms with Gasteiger partial charge in [-0.1, -0.05) is 11.2 Å². The summed E-state index contributed by atoms with van der Waals surface area (Å²) in [4.78, 5) is 12.8. The topological polar surface area (TPSA) is 104 Å². The van der Waals surface area contributed by atoms with Crippen molar-refractivity contribution in [3.63, 3.8) is 0 Å². The Hall–Kier alpha value is -3.88. The Morgan fingerprint density at radius 2 is 2.03 bits per heavy atom. The van der Waals surface area contributed by atoms with Crippen molar-refractivity contribution < 1.29 is 18.8 Å². The minimum absolute atomic E-state index is 0.254. The number of carbonyl (C=O) groups is 1. The molecule has 0 fully saturated rings. The molecule has 1 atom stereocenters. The van der Waals surface area contributed by atoms with Crippen molar-refractivity contribution in [2.45, 2.75) is 33.4 Å². The van der Waals surface area contributed by atoms with Gasteiger partial charge in [-0.3, -0.25) is 9.20 Å². The molecule has 0 aliphatic carbocycles. The number of hydrogen-bond acceptors (Lipinski definition) is 7. The van der Waals surface area contributed by atoms with Crippen LogP contribution in [-0.4, -0.2) is 32.8 Å². The van der Waals surface area contributed by atoms with Crippen molar-refractivity contribution in [3.05, 3.63) is 71.0 Å². The lowest BCUT2D eigenvalue weighted by atomic mass is 10.1. The van der Waals surface area contributed by atoms with Gasteiger partial charge in [0.05, 0.1) is 24.4 Å². The van der Waals surface area contributed by atoms with E-state index in [1.807, 2.05) is 49.6 Å². The molecule has 1 aromatic carbocycles. The Balaban J connectivity index is 1.48. The van der Waals surface area contributed by atoms with E-state index in [9.17, 15) is 4.79 Å². The molecule has 9 heteroatoms. The zero-order chi connectivity index (χ0) is 22.0. The number of ether oxygens (including phenoxy) is 2. The Bertz CT molecular complexity index is 1210. The number of aromatic nitrogens is 4. The number of benzene rings is 1. The molecule has 31 heavy (non-hydrogen) atoms. The fourth-order valence-electron chi connectivity index (χ4n) is 3.29. The fraction of sp³-hybridized carbons (Fsp3) is 0.273. The second kappa shape index (κ2) is 8.47. The minimum Gasteiger partial charge on any atom is -0.493 e. The van der Waals surface area contributed by atoms with Gasteiger partial charge in [-0.15, -0.1) is 10.2 Å². The largest absolute Gasteiger partial charge is 0.493 e. The van der Waals surface area contributed by atoms with Crippen LogP contribution in [0.3, 0.4) is 0 Å². The number of nitrogens with one attached hydrogen (secondary N) is 1. The number of methoxy groups -OCH3 is 1. The predicted octanol–water partition coefficient (Wildman–Crippen LogP) is 3.41. The molecule has 0 aliphatic heterocycles. The van der Waals surface area contributed by atoms with Gasteiger partial charge in [-0.05, 0) is 51.1 Å². The van der Waals surface area contributed by atoms with Crippen molar-refractivity contribution in [1.29, 1.82) is 0 Å². The van der Waals surface area contributed by atoms with E-state index < -0.39 is 0 Å². The molecule has 1 N–H and O–H groups in total. The quantitative estimate of drug-likeness (QED) is 0.488. The molecule has 0 aliphatic rings. The lowest BCUT2D eigenvalue weighted by Crippen LogP contribution is -2.28. The third kappa shape index (κ3) is 4.07. The van der Waals surface area contributed by atoms with Crippen LogP contribution >= 0.6 is 0 Å². The summed E-state index contributed by atoms with van der Waals surface area (Å²) in [5.41, 5.74) is 2.84. The number of fused-ring (bicyclic) bond motifs is 1. The van der Waals surface area contributed by atoms with E-state index in [-0.39, 0.29) is 11.9 Å². The van der Waals surface area contributed by atoms with Crippen molar-refractivity contribution >= 4 is 11.6 Å². The summed E-state index contributed by atoms with van der Waals surface area (Å²) < 4.78 is 18.3. The number of amides is 1. The van der Waals surface area contributed by atoms with Crippen LogP contribution in [0, 0.1) is 13.8 Å². The van der Waals surface area contributed by atoms with Gasteiger partial charge < -0.3 is 19.3 Å². The maximum atomic E-state index is 12.8. The highest BCUT2D eigenvalue weighted by atomic mass is 16.5. The molecule has 0 spiro atoms. The van der Waals surface area contributed by atoms with Gasteiger partial charge in [-0.2, -0.15) is 0 Å². The molecule has 3 aromatic heterocycles. The second-order valence-corrected chi connectivity index (χ2v) is 7.14. The number of carbonyl (C=O) groups excluding carboxylic acids is 1. The first-order valence-corrected chi connectivity index (χ1v) is 9.81. The third-order valence-corrected chi connectivity index (χ3v) is 5.05. The lowest BCUT2D eigenvalue weighted by Gasteiger charge is -2.15. The highest BCUT2D eigenvalue weighted by Crippen LogP contribution is 2.29. The van der Waals surface area contributed by atoms with Crippen molar-refractivity contribution in [2.24, 2.45) is 0 Å². The van der Waals surface area contributed by atoms with E-state index in [1.165, 1.54) is 7.11 Å². The molecule has 0 radical (unpaired) electrons. The van der Waals surface area contributed by atoms with Crippen LogP contribution in [0.1, 0.15) is 46.2 Å². The van der Waals surface area contributed by atoms with Crippen LogP contribution in [0.15, 0.2) is 47.1 Å². The predicted molar refractivity (Wildman–Crippen MR) is 112 cm³/mol. The summed E-state index contributed by atoms with van der Waals surface area (Å²) in [5.74, 6) is 2.09. The summed E-state index contributed by atoms with van der Waals surface area (Å²) in [6.45, 7) is 5.85. The molecule has 0 bridgehead atoms. The van der Waals surface area contributed by atoms with Gasteiger partial charge in [0.1, 0.15) is 12.4 Å². The lowest BCUT2D eigenvalue weighted by molar-refractivity contribution is 0.0937. The Kier molecular flexibility index (Phi) is 5.57. The molecule has 1 amide bonds. The minimum atomic E-state index is -0.341. The van der Waals surface area contributed by atoms with Gasteiger partial charge in [-0.25, -0.2) is 0 Å². The maximum absolute atomic E-state index is 12.8. The normalized spacial score (nSPS) is 12.0. The van der Waals surface area contributed by atoms with Crippen LogP contribution in [0.2, 0.25) is 0 Å². The van der Waals surface area contributed by atoms with E-state index in [1.54, 1.807) is 18.2 Å². The first-order chi connectivity index (χ1) is 15.0. The Morgan fingerprint density at radius 3 is 2.77 bits per heavy atom. The van der Waals surface area contributed by atoms with E-state index >= 15 is 0 Å². The molecule has 160 valence electrons. The van der Waals surface area contributed by atoms with Crippen LogP contribution in [0.4, 0.5) is 0 Å². The standard InChI is InChI=1S/C22H23N5O4/c1-13-17(15(3)31-26-13)12-30-18-9-8-16(11-19(18)29-4)22(28)23-14(2)21-25-24-20-7-5-6-10-27(20)21/h5-11,14H,12H2,1-4H3,(H,23,28). The highest BCUT2D eigenvalue weighted by Gasteiger charge is 2.18. The smallest absolute Gasteiger partial charge is 0.252 e. The SMILES string of the molecule is COc1cc(C(=O)NC(C)c2nnc3ccccn23)ccc1OCc1c(C)noc1C. The molecular formula is C22H23N5O4. The van der Waals surface area contributed by atoms with E-state index in [0.29, 0.717) is 35.3 Å². The Morgan fingerprint density at radius 1 is 1.19 bits per heavy atom. The monoisotopic (exact) mass is 421 g/mol. The highest BCUT2D eigenvalue weighted by molar-refractivity contribution is 5.95. The number of hydrogen-bond donors (Lipinski definition) is 1. The average Bonchev–Trinajstić information content (AvgIpc) is 3.35. The van der Waals surface area contributed by atoms with Crippen molar-refractivity contribution in [2.75, 3.05) is 7.11 Å². The van der Waals surface area contributed by atoms with Crippen LogP contribution in [0.5, 0.6) is 11.5 Å². The van der Waals surface area contributed by atoms with Crippen LogP contribution in [-0.2, 0) is 6.61 Å². The zero-order valence-corrected chi connectivity index (χ0v) is 17.7. The fourth-order valence-corrected chi connectivity index (χ4v) is 3.29. The van der Waals surface area contributed by atoms with Gasteiger partial charge >= 0.3 is 0 Å². The number of rotatable bonds is 7. The summed E-state index contributed by atoms with van der Waals surface area (Å²) in [5, 5.41) is 15.2. The van der Waals surface area contributed by atoms with Gasteiger partial charge in [0.2, 0.25) is 0 Å². The van der Waals surface area contributed by atoms with E-state index in [4.69, 9.17) is 14.0 Å². The first-order valence-electron chi connectivity index (χ1n) is 9.81. The van der Waals surface area contributed by atoms with Crippen LogP contribution < -0.4 is 14.8 Å². The Labute approximate surface area is 179 Å². The maximum Gasteiger partial charge on any atom is 0.252 e. The summed E-state index contributed by atoms with van der Waals surface area (Å²) in [6, 6.07) is 10.3. The summed E-state index contributed by atoms with van der Waals surface area (Å²) >= 11 is 0. The van der Waals surface area contributed by atoms with Gasteiger partial charge in [0.25, 0.3) is 5.91 Å². The van der Waals surface area contributed by atoms with Crippen molar-refractivity contribution in [1.82, 2.24) is 25.1 Å². The van der Waals surface area contributed by atoms with E-state index in [0.717, 1.165) is 16.9 Å². The molecule has 0 saturated carbocycles. The average molecular weight is 421 g/mol. The number of aryl methyl sites for hydroxylation is 2. The van der Waals surface area contributed by atoms with Gasteiger partial charge in [0.15, 0.2) is 23.0 Å². The zero-order valence-electron chi connectivity index (χ0n) is 17.7. The summed E-state index contributed by atoms with van der Waals surface area (Å²) in [6.07, 6.45) is 1.86. The molecular weight excluding hydrogens is 398 g/mol.